The molecule has 3 aromatic carbocycles. The molecule has 0 radical (unpaired) electrons. The summed E-state index contributed by atoms with van der Waals surface area (Å²) in [5, 5.41) is 21.4. The zero-order valence-electron chi connectivity index (χ0n) is 21.6. The van der Waals surface area contributed by atoms with E-state index in [4.69, 9.17) is 9.47 Å². The summed E-state index contributed by atoms with van der Waals surface area (Å²) in [6.45, 7) is 4.09. The predicted octanol–water partition coefficient (Wildman–Crippen LogP) is 4.15. The number of nitrogens with zero attached hydrogens (tertiary/aromatic N) is 4. The highest BCUT2D eigenvalue weighted by Gasteiger charge is 2.32. The molecule has 0 spiro atoms. The molecule has 0 bridgehead atoms. The van der Waals surface area contributed by atoms with Crippen LogP contribution in [-0.4, -0.2) is 68.6 Å². The fourth-order valence-electron chi connectivity index (χ4n) is 5.62. The molecule has 0 saturated carbocycles. The molecule has 9 heteroatoms. The molecule has 4 aromatic rings. The number of benzene rings is 3. The number of nitriles is 1. The number of fused-ring (bicyclic) bond motifs is 4. The van der Waals surface area contributed by atoms with E-state index >= 15 is 4.39 Å². The minimum atomic E-state index is -0.445. The van der Waals surface area contributed by atoms with Crippen molar-refractivity contribution in [2.75, 3.05) is 52.3 Å². The molecule has 6 rings (SSSR count). The minimum absolute atomic E-state index is 0.257. The second kappa shape index (κ2) is 9.63. The summed E-state index contributed by atoms with van der Waals surface area (Å²) in [4.78, 5) is 4.76. The number of methoxy groups -OCH3 is 1. The van der Waals surface area contributed by atoms with E-state index in [1.54, 1.807) is 19.2 Å². The number of H-pyrrole nitrogens is 1. The number of aromatic nitrogens is 2. The Labute approximate surface area is 220 Å². The smallest absolute Gasteiger partial charge is 0.143 e. The highest BCUT2D eigenvalue weighted by Crippen LogP contribution is 2.42. The summed E-state index contributed by atoms with van der Waals surface area (Å²) >= 11 is 0. The van der Waals surface area contributed by atoms with Gasteiger partial charge in [0.15, 0.2) is 0 Å². The van der Waals surface area contributed by atoms with Crippen LogP contribution in [0.4, 0.5) is 10.1 Å². The van der Waals surface area contributed by atoms with Crippen LogP contribution in [0.15, 0.2) is 42.5 Å². The van der Waals surface area contributed by atoms with E-state index in [0.29, 0.717) is 47.3 Å². The SMILES string of the molecule is CNCc1cc(F)c(-c2cc3c(-c4ccc5c(c4)OCC4CN(C)CCN54)n[nH]c3cc2C#N)c(OC)c1. The van der Waals surface area contributed by atoms with Crippen molar-refractivity contribution in [1.82, 2.24) is 20.4 Å². The normalized spacial score (nSPS) is 17.0. The van der Waals surface area contributed by atoms with Crippen LogP contribution >= 0.6 is 0 Å². The first-order chi connectivity index (χ1) is 18.5. The molecular formula is C29H29FN6O2. The maximum absolute atomic E-state index is 15.5. The molecular weight excluding hydrogens is 483 g/mol. The van der Waals surface area contributed by atoms with Gasteiger partial charge in [0, 0.05) is 42.7 Å². The van der Waals surface area contributed by atoms with E-state index in [-0.39, 0.29) is 5.56 Å². The zero-order valence-corrected chi connectivity index (χ0v) is 21.6. The summed E-state index contributed by atoms with van der Waals surface area (Å²) in [6.07, 6.45) is 0. The van der Waals surface area contributed by atoms with Crippen LogP contribution in [0.2, 0.25) is 0 Å². The van der Waals surface area contributed by atoms with Crippen LogP contribution in [0.3, 0.4) is 0 Å². The lowest BCUT2D eigenvalue weighted by Gasteiger charge is -2.44. The van der Waals surface area contributed by atoms with Gasteiger partial charge in [0.2, 0.25) is 0 Å². The first kappa shape index (κ1) is 24.2. The van der Waals surface area contributed by atoms with Gasteiger partial charge in [0.25, 0.3) is 0 Å². The van der Waals surface area contributed by atoms with Gasteiger partial charge in [0.1, 0.15) is 29.6 Å². The maximum atomic E-state index is 15.5. The topological polar surface area (TPSA) is 89.4 Å². The number of piperazine rings is 1. The first-order valence-electron chi connectivity index (χ1n) is 12.7. The van der Waals surface area contributed by atoms with Gasteiger partial charge < -0.3 is 24.6 Å². The van der Waals surface area contributed by atoms with E-state index < -0.39 is 5.82 Å². The molecule has 0 amide bonds. The summed E-state index contributed by atoms with van der Waals surface area (Å²) in [7, 11) is 5.45. The lowest BCUT2D eigenvalue weighted by atomic mass is 9.94. The average Bonchev–Trinajstić information content (AvgIpc) is 3.34. The number of likely N-dealkylation sites (N-methyl/N-ethyl adjacent to an activating group) is 1. The van der Waals surface area contributed by atoms with Gasteiger partial charge in [-0.15, -0.1) is 0 Å². The number of ether oxygens (including phenoxy) is 2. The van der Waals surface area contributed by atoms with E-state index in [2.05, 4.69) is 44.5 Å². The Morgan fingerprint density at radius 2 is 2.11 bits per heavy atom. The molecule has 194 valence electrons. The molecule has 8 nitrogen and oxygen atoms in total. The van der Waals surface area contributed by atoms with Crippen LogP contribution < -0.4 is 19.7 Å². The Bertz CT molecular complexity index is 1580. The molecule has 1 saturated heterocycles. The highest BCUT2D eigenvalue weighted by atomic mass is 19.1. The third kappa shape index (κ3) is 4.02. The molecule has 3 heterocycles. The van der Waals surface area contributed by atoms with Gasteiger partial charge in [-0.1, -0.05) is 6.07 Å². The van der Waals surface area contributed by atoms with Crippen molar-refractivity contribution in [3.63, 3.8) is 0 Å². The van der Waals surface area contributed by atoms with E-state index in [9.17, 15) is 5.26 Å². The number of anilines is 1. The number of hydrogen-bond acceptors (Lipinski definition) is 7. The Kier molecular flexibility index (Phi) is 6.14. The van der Waals surface area contributed by atoms with Crippen LogP contribution in [-0.2, 0) is 6.54 Å². The largest absolute Gasteiger partial charge is 0.496 e. The number of halogens is 1. The Morgan fingerprint density at radius 1 is 1.24 bits per heavy atom. The molecule has 1 aromatic heterocycles. The molecule has 2 N–H and O–H groups in total. The molecule has 1 atom stereocenters. The number of aromatic amines is 1. The van der Waals surface area contributed by atoms with Crippen LogP contribution in [0.1, 0.15) is 11.1 Å². The third-order valence-corrected chi connectivity index (χ3v) is 7.47. The molecule has 2 aliphatic rings. The average molecular weight is 513 g/mol. The van der Waals surface area contributed by atoms with Crippen LogP contribution in [0.5, 0.6) is 11.5 Å². The summed E-state index contributed by atoms with van der Waals surface area (Å²) in [5.41, 5.74) is 5.20. The predicted molar refractivity (Wildman–Crippen MR) is 145 cm³/mol. The fourth-order valence-corrected chi connectivity index (χ4v) is 5.62. The first-order valence-corrected chi connectivity index (χ1v) is 12.7. The number of rotatable bonds is 5. The van der Waals surface area contributed by atoms with Crippen molar-refractivity contribution in [3.05, 3.63) is 59.4 Å². The van der Waals surface area contributed by atoms with Gasteiger partial charge in [0.05, 0.1) is 41.6 Å². The van der Waals surface area contributed by atoms with Crippen molar-refractivity contribution in [2.45, 2.75) is 12.6 Å². The summed E-state index contributed by atoms with van der Waals surface area (Å²) in [6, 6.07) is 15.5. The van der Waals surface area contributed by atoms with Crippen molar-refractivity contribution in [3.8, 4) is 40.0 Å². The van der Waals surface area contributed by atoms with Crippen molar-refractivity contribution in [2.24, 2.45) is 0 Å². The molecule has 1 unspecified atom stereocenters. The van der Waals surface area contributed by atoms with Crippen molar-refractivity contribution < 1.29 is 13.9 Å². The van der Waals surface area contributed by atoms with Gasteiger partial charge >= 0.3 is 0 Å². The molecule has 38 heavy (non-hydrogen) atoms. The Hall–Kier alpha value is -4.13. The quantitative estimate of drug-likeness (QED) is 0.415. The van der Waals surface area contributed by atoms with E-state index in [0.717, 1.165) is 47.6 Å². The second-order valence-electron chi connectivity index (χ2n) is 9.92. The van der Waals surface area contributed by atoms with Gasteiger partial charge in [-0.2, -0.15) is 10.4 Å². The lowest BCUT2D eigenvalue weighted by Crippen LogP contribution is -2.56. The molecule has 1 fully saturated rings. The minimum Gasteiger partial charge on any atom is -0.496 e. The summed E-state index contributed by atoms with van der Waals surface area (Å²) in [5.74, 6) is 0.764. The second-order valence-corrected chi connectivity index (χ2v) is 9.92. The van der Waals surface area contributed by atoms with Crippen LogP contribution in [0, 0.1) is 17.1 Å². The molecule has 0 aliphatic carbocycles. The Balaban J connectivity index is 1.45. The van der Waals surface area contributed by atoms with Crippen molar-refractivity contribution >= 4 is 16.6 Å². The number of nitrogens with one attached hydrogen (secondary N) is 2. The Morgan fingerprint density at radius 3 is 2.89 bits per heavy atom. The highest BCUT2D eigenvalue weighted by molar-refractivity contribution is 5.98. The monoisotopic (exact) mass is 512 g/mol. The van der Waals surface area contributed by atoms with E-state index in [1.807, 2.05) is 18.2 Å². The van der Waals surface area contributed by atoms with Gasteiger partial charge in [-0.3, -0.25) is 5.10 Å². The van der Waals surface area contributed by atoms with Gasteiger partial charge in [-0.25, -0.2) is 4.39 Å². The van der Waals surface area contributed by atoms with Crippen molar-refractivity contribution in [1.29, 1.82) is 5.26 Å². The summed E-state index contributed by atoms with van der Waals surface area (Å²) < 4.78 is 27.2. The number of hydrogen-bond donors (Lipinski definition) is 2. The third-order valence-electron chi connectivity index (χ3n) is 7.47. The maximum Gasteiger partial charge on any atom is 0.143 e. The molecule has 2 aliphatic heterocycles. The standard InChI is InChI=1S/C29H29FN6O2/c1-32-14-17-8-23(30)28(27(9-17)37-3)21-12-22-24(10-19(21)13-31)33-34-29(22)18-4-5-25-26(11-18)38-16-20-15-35(2)6-7-36(20)25/h4-5,8-12,20,32H,6-7,14-16H2,1-3H3,(H,33,34). The van der Waals surface area contributed by atoms with Gasteiger partial charge in [-0.05, 0) is 56.1 Å². The zero-order chi connectivity index (χ0) is 26.4. The van der Waals surface area contributed by atoms with E-state index in [1.165, 1.54) is 13.2 Å². The van der Waals surface area contributed by atoms with Crippen LogP contribution in [0.25, 0.3) is 33.3 Å². The lowest BCUT2D eigenvalue weighted by molar-refractivity contribution is 0.188. The fraction of sp³-hybridized carbons (Fsp3) is 0.310.